The second kappa shape index (κ2) is 6.78. The van der Waals surface area contributed by atoms with Crippen LogP contribution in [-0.4, -0.2) is 15.0 Å². The number of nitrogens with zero attached hydrogens (tertiary/aromatic N) is 3. The maximum Gasteiger partial charge on any atom is 0.225 e. The van der Waals surface area contributed by atoms with Gasteiger partial charge in [-0.3, -0.25) is 0 Å². The average molecular weight is 319 g/mol. The van der Waals surface area contributed by atoms with Crippen molar-refractivity contribution in [2.75, 3.05) is 11.5 Å². The number of para-hydroxylation sites is 1. The van der Waals surface area contributed by atoms with Crippen LogP contribution in [0.5, 0.6) is 11.5 Å². The fourth-order valence-corrected chi connectivity index (χ4v) is 2.20. The molecule has 120 valence electrons. The van der Waals surface area contributed by atoms with Crippen molar-refractivity contribution in [3.05, 3.63) is 66.0 Å². The maximum atomic E-state index is 5.85. The van der Waals surface area contributed by atoms with E-state index in [2.05, 4.69) is 15.0 Å². The van der Waals surface area contributed by atoms with Gasteiger partial charge >= 0.3 is 0 Å². The molecule has 6 nitrogen and oxygen atoms in total. The fourth-order valence-electron chi connectivity index (χ4n) is 2.20. The van der Waals surface area contributed by atoms with Crippen LogP contribution in [0.25, 0.3) is 11.6 Å². The Morgan fingerprint density at radius 2 is 1.54 bits per heavy atom. The molecule has 3 aromatic rings. The van der Waals surface area contributed by atoms with E-state index < -0.39 is 0 Å². The Morgan fingerprint density at radius 1 is 0.875 bits per heavy atom. The van der Waals surface area contributed by atoms with Crippen LogP contribution in [0.15, 0.2) is 54.6 Å². The zero-order chi connectivity index (χ0) is 16.9. The first kappa shape index (κ1) is 15.5. The summed E-state index contributed by atoms with van der Waals surface area (Å²) in [6.45, 7) is 1.96. The minimum atomic E-state index is 0.0997. The number of allylic oxidation sites excluding steroid dienone is 1. The topological polar surface area (TPSA) is 99.9 Å². The molecule has 1 aromatic heterocycles. The van der Waals surface area contributed by atoms with Gasteiger partial charge in [0.05, 0.1) is 0 Å². The van der Waals surface area contributed by atoms with Gasteiger partial charge < -0.3 is 16.2 Å². The van der Waals surface area contributed by atoms with Gasteiger partial charge in [-0.1, -0.05) is 30.3 Å². The molecule has 4 N–H and O–H groups in total. The lowest BCUT2D eigenvalue weighted by Crippen LogP contribution is -2.04. The SMILES string of the molecule is C/C(=C\c1nc(N)nc(N)n1)c1cccc(Oc2ccccc2)c1. The van der Waals surface area contributed by atoms with Crippen molar-refractivity contribution < 1.29 is 4.74 Å². The highest BCUT2D eigenvalue weighted by molar-refractivity contribution is 5.79. The number of benzene rings is 2. The van der Waals surface area contributed by atoms with E-state index in [-0.39, 0.29) is 11.9 Å². The van der Waals surface area contributed by atoms with Crippen LogP contribution < -0.4 is 16.2 Å². The van der Waals surface area contributed by atoms with Crippen LogP contribution in [0, 0.1) is 0 Å². The van der Waals surface area contributed by atoms with Gasteiger partial charge in [0.1, 0.15) is 11.5 Å². The molecule has 0 unspecified atom stereocenters. The van der Waals surface area contributed by atoms with E-state index in [1.165, 1.54) is 0 Å². The van der Waals surface area contributed by atoms with Crippen molar-refractivity contribution in [1.82, 2.24) is 15.0 Å². The monoisotopic (exact) mass is 319 g/mol. The van der Waals surface area contributed by atoms with Crippen LogP contribution in [0.3, 0.4) is 0 Å². The molecule has 0 aliphatic carbocycles. The molecule has 0 aliphatic rings. The number of ether oxygens (including phenoxy) is 1. The van der Waals surface area contributed by atoms with E-state index in [9.17, 15) is 0 Å². The molecule has 0 spiro atoms. The summed E-state index contributed by atoms with van der Waals surface area (Å²) in [6.07, 6.45) is 1.80. The summed E-state index contributed by atoms with van der Waals surface area (Å²) in [5, 5.41) is 0. The predicted molar refractivity (Wildman–Crippen MR) is 95.2 cm³/mol. The van der Waals surface area contributed by atoms with Gasteiger partial charge in [-0.15, -0.1) is 0 Å². The molecule has 0 fully saturated rings. The lowest BCUT2D eigenvalue weighted by molar-refractivity contribution is 0.482. The Labute approximate surface area is 139 Å². The highest BCUT2D eigenvalue weighted by atomic mass is 16.5. The second-order valence-electron chi connectivity index (χ2n) is 5.18. The Hall–Kier alpha value is -3.41. The van der Waals surface area contributed by atoms with Gasteiger partial charge in [0.25, 0.3) is 0 Å². The third kappa shape index (κ3) is 3.86. The molecular weight excluding hydrogens is 302 g/mol. The molecule has 0 atom stereocenters. The molecule has 6 heteroatoms. The lowest BCUT2D eigenvalue weighted by Gasteiger charge is -2.08. The van der Waals surface area contributed by atoms with Gasteiger partial charge in [0, 0.05) is 0 Å². The van der Waals surface area contributed by atoms with E-state index in [0.717, 1.165) is 22.6 Å². The van der Waals surface area contributed by atoms with Crippen molar-refractivity contribution in [3.63, 3.8) is 0 Å². The molecule has 24 heavy (non-hydrogen) atoms. The second-order valence-corrected chi connectivity index (χ2v) is 5.18. The van der Waals surface area contributed by atoms with Crippen molar-refractivity contribution in [2.24, 2.45) is 0 Å². The Balaban J connectivity index is 1.86. The fraction of sp³-hybridized carbons (Fsp3) is 0.0556. The van der Waals surface area contributed by atoms with Crippen molar-refractivity contribution in [2.45, 2.75) is 6.92 Å². The smallest absolute Gasteiger partial charge is 0.225 e. The Bertz CT molecular complexity index is 857. The number of nitrogen functional groups attached to an aromatic ring is 2. The van der Waals surface area contributed by atoms with E-state index in [1.807, 2.05) is 61.5 Å². The first-order valence-corrected chi connectivity index (χ1v) is 7.39. The number of hydrogen-bond donors (Lipinski definition) is 2. The van der Waals surface area contributed by atoms with E-state index in [0.29, 0.717) is 5.82 Å². The van der Waals surface area contributed by atoms with E-state index in [1.54, 1.807) is 6.08 Å². The number of rotatable bonds is 4. The quantitative estimate of drug-likeness (QED) is 0.764. The zero-order valence-electron chi connectivity index (χ0n) is 13.2. The standard InChI is InChI=1S/C18H17N5O/c1-12(10-16-21-17(19)23-18(20)22-16)13-6-5-9-15(11-13)24-14-7-3-2-4-8-14/h2-11H,1H3,(H4,19,20,21,22,23)/b12-10+. The van der Waals surface area contributed by atoms with E-state index in [4.69, 9.17) is 16.2 Å². The zero-order valence-corrected chi connectivity index (χ0v) is 13.2. The molecule has 0 aliphatic heterocycles. The number of hydrogen-bond acceptors (Lipinski definition) is 6. The maximum absolute atomic E-state index is 5.85. The van der Waals surface area contributed by atoms with Crippen LogP contribution in [0.2, 0.25) is 0 Å². The molecule has 0 saturated carbocycles. The molecule has 3 rings (SSSR count). The van der Waals surface area contributed by atoms with Gasteiger partial charge in [0.2, 0.25) is 11.9 Å². The summed E-state index contributed by atoms with van der Waals surface area (Å²) < 4.78 is 5.85. The molecule has 0 bridgehead atoms. The molecule has 0 radical (unpaired) electrons. The molecule has 0 amide bonds. The minimum Gasteiger partial charge on any atom is -0.457 e. The molecule has 2 aromatic carbocycles. The van der Waals surface area contributed by atoms with Crippen molar-refractivity contribution in [3.8, 4) is 11.5 Å². The van der Waals surface area contributed by atoms with Crippen LogP contribution >= 0.6 is 0 Å². The van der Waals surface area contributed by atoms with Crippen LogP contribution in [0.1, 0.15) is 18.3 Å². The van der Waals surface area contributed by atoms with Crippen molar-refractivity contribution >= 4 is 23.5 Å². The highest BCUT2D eigenvalue weighted by Gasteiger charge is 2.04. The summed E-state index contributed by atoms with van der Waals surface area (Å²) in [4.78, 5) is 11.9. The summed E-state index contributed by atoms with van der Waals surface area (Å²) in [7, 11) is 0. The third-order valence-electron chi connectivity index (χ3n) is 3.30. The van der Waals surface area contributed by atoms with Gasteiger partial charge in [-0.25, -0.2) is 0 Å². The summed E-state index contributed by atoms with van der Waals surface area (Å²) >= 11 is 0. The average Bonchev–Trinajstić information content (AvgIpc) is 2.55. The lowest BCUT2D eigenvalue weighted by atomic mass is 10.1. The van der Waals surface area contributed by atoms with Gasteiger partial charge in [-0.05, 0) is 48.4 Å². The largest absolute Gasteiger partial charge is 0.457 e. The highest BCUT2D eigenvalue weighted by Crippen LogP contribution is 2.25. The molecular formula is C18H17N5O. The third-order valence-corrected chi connectivity index (χ3v) is 3.30. The predicted octanol–water partition coefficient (Wildman–Crippen LogP) is 3.39. The number of anilines is 2. The molecule has 1 heterocycles. The van der Waals surface area contributed by atoms with Crippen LogP contribution in [-0.2, 0) is 0 Å². The summed E-state index contributed by atoms with van der Waals surface area (Å²) in [5.74, 6) is 2.16. The first-order valence-electron chi connectivity index (χ1n) is 7.39. The summed E-state index contributed by atoms with van der Waals surface area (Å²) in [6, 6.07) is 17.4. The normalized spacial score (nSPS) is 11.3. The van der Waals surface area contributed by atoms with E-state index >= 15 is 0 Å². The van der Waals surface area contributed by atoms with Gasteiger partial charge in [0.15, 0.2) is 5.82 Å². The van der Waals surface area contributed by atoms with Crippen molar-refractivity contribution in [1.29, 1.82) is 0 Å². The Kier molecular flexibility index (Phi) is 4.38. The number of aromatic nitrogens is 3. The minimum absolute atomic E-state index is 0.0997. The van der Waals surface area contributed by atoms with Crippen LogP contribution in [0.4, 0.5) is 11.9 Å². The molecule has 0 saturated heterocycles. The first-order chi connectivity index (χ1) is 11.6. The number of nitrogens with two attached hydrogens (primary N) is 2. The summed E-state index contributed by atoms with van der Waals surface area (Å²) in [5.41, 5.74) is 13.1. The Morgan fingerprint density at radius 3 is 2.25 bits per heavy atom. The van der Waals surface area contributed by atoms with Gasteiger partial charge in [-0.2, -0.15) is 15.0 Å².